The number of carbonyl (C=O) groups excluding carboxylic acids is 2. The number of benzene rings is 4. The molecule has 13 nitrogen and oxygen atoms in total. The van der Waals surface area contributed by atoms with Gasteiger partial charge in [0.2, 0.25) is 17.4 Å². The summed E-state index contributed by atoms with van der Waals surface area (Å²) < 4.78 is 58.1. The smallest absolute Gasteiger partial charge is 0.343 e. The lowest BCUT2D eigenvalue weighted by Crippen LogP contribution is -2.12. The third-order valence-electron chi connectivity index (χ3n) is 23.1. The molecule has 0 saturated carbocycles. The Morgan fingerprint density at radius 3 is 0.737 bits per heavy atom. The maximum absolute atomic E-state index is 14.6. The highest BCUT2D eigenvalue weighted by Crippen LogP contribution is 2.43. The molecule has 0 amide bonds. The van der Waals surface area contributed by atoms with Crippen molar-refractivity contribution < 1.29 is 52.2 Å². The van der Waals surface area contributed by atoms with Gasteiger partial charge in [-0.2, -0.15) is 5.26 Å². The Morgan fingerprint density at radius 2 is 0.508 bits per heavy atom. The quantitative estimate of drug-likeness (QED) is 0.0206. The van der Waals surface area contributed by atoms with Crippen molar-refractivity contribution in [2.24, 2.45) is 0 Å². The zero-order valence-corrected chi connectivity index (χ0v) is 76.1. The average molecular weight is 1630 g/mol. The van der Waals surface area contributed by atoms with E-state index in [1.54, 1.807) is 48.5 Å². The molecule has 0 aliphatic carbocycles. The first-order valence-corrected chi connectivity index (χ1v) is 49.0. The minimum Gasteiger partial charge on any atom is -0.490 e. The number of carbonyl (C=O) groups is 2. The molecule has 4 aromatic carbocycles. The van der Waals surface area contributed by atoms with Gasteiger partial charge in [0, 0.05) is 11.1 Å². The highest BCUT2D eigenvalue weighted by Gasteiger charge is 2.25. The second-order valence-electron chi connectivity index (χ2n) is 33.7. The number of hydrogen-bond acceptors (Lipinski definition) is 13. The highest BCUT2D eigenvalue weighted by atomic mass is 16.6. The molecule has 13 heteroatoms. The first-order chi connectivity index (χ1) is 58.2. The average Bonchev–Trinajstić information content (AvgIpc) is 0.801. The molecule has 5 aromatic rings. The van der Waals surface area contributed by atoms with Gasteiger partial charge in [-0.1, -0.05) is 400 Å². The van der Waals surface area contributed by atoms with E-state index in [1.807, 2.05) is 30.3 Å². The van der Waals surface area contributed by atoms with E-state index in [2.05, 4.69) is 47.6 Å². The van der Waals surface area contributed by atoms with Crippen LogP contribution >= 0.6 is 0 Å². The maximum atomic E-state index is 14.6. The zero-order chi connectivity index (χ0) is 84.0. The molecule has 0 atom stereocenters. The predicted octanol–water partition coefficient (Wildman–Crippen LogP) is 32.5. The molecule has 0 radical (unpaired) electrons. The number of rotatable bonds is 79. The summed E-state index contributed by atoms with van der Waals surface area (Å²) in [5.74, 6) is 2.83. The fourth-order valence-electron chi connectivity index (χ4n) is 15.6. The molecule has 5 rings (SSSR count). The molecular weight excluding hydrogens is 1470 g/mol. The number of aromatic nitrogens is 1. The highest BCUT2D eigenvalue weighted by molar-refractivity contribution is 5.94. The summed E-state index contributed by atoms with van der Waals surface area (Å²) >= 11 is 0. The molecule has 0 bridgehead atoms. The number of hydrogen-bond donors (Lipinski definition) is 0. The Morgan fingerprint density at radius 1 is 0.288 bits per heavy atom. The molecule has 0 fully saturated rings. The fraction of sp³-hybridized carbons (Fsp3) is 0.695. The number of nitrogens with zero attached hydrogens (tertiary/aromatic N) is 2. The summed E-state index contributed by atoms with van der Waals surface area (Å²) in [7, 11) is 1.50. The lowest BCUT2D eigenvalue weighted by molar-refractivity contribution is 0.0724. The van der Waals surface area contributed by atoms with Crippen molar-refractivity contribution >= 4 is 11.9 Å². The van der Waals surface area contributed by atoms with Gasteiger partial charge in [0.05, 0.1) is 63.6 Å². The SMILES string of the molecule is CCCCCCCCCCCCOc1cc(C(=O)Oc2ccc(-c3cc(-c4ccc(OC(=O)c5cc(OCCCCCCCCCCCC)c(OCCCCCCCCCCCC)c(OCCCCCCCCCCCC)c5)cc4)c(C#N)c(OC)n3)cc2)cc(OCCCCCCCCCCCC)c1OCCCCCCCCCCCC. The van der Waals surface area contributed by atoms with E-state index in [0.29, 0.717) is 119 Å². The van der Waals surface area contributed by atoms with Gasteiger partial charge < -0.3 is 42.6 Å². The third kappa shape index (κ3) is 45.6. The van der Waals surface area contributed by atoms with E-state index in [9.17, 15) is 14.9 Å². The lowest BCUT2D eigenvalue weighted by atomic mass is 9.98. The van der Waals surface area contributed by atoms with E-state index in [-0.39, 0.29) is 11.4 Å². The topological polar surface area (TPSA) is 154 Å². The van der Waals surface area contributed by atoms with Crippen LogP contribution in [0.4, 0.5) is 0 Å². The van der Waals surface area contributed by atoms with Crippen LogP contribution in [0, 0.1) is 11.3 Å². The number of ether oxygens (including phenoxy) is 9. The van der Waals surface area contributed by atoms with Gasteiger partial charge in [-0.05, 0) is 111 Å². The van der Waals surface area contributed by atoms with E-state index >= 15 is 0 Å². The minimum absolute atomic E-state index is 0.155. The van der Waals surface area contributed by atoms with Gasteiger partial charge in [-0.25, -0.2) is 14.6 Å². The number of methoxy groups -OCH3 is 1. The van der Waals surface area contributed by atoms with Gasteiger partial charge in [0.1, 0.15) is 23.1 Å². The van der Waals surface area contributed by atoms with Crippen molar-refractivity contribution in [1.29, 1.82) is 5.26 Å². The molecule has 0 unspecified atom stereocenters. The largest absolute Gasteiger partial charge is 0.490 e. The van der Waals surface area contributed by atoms with Gasteiger partial charge in [0.15, 0.2) is 23.0 Å². The number of unbranched alkanes of at least 4 members (excludes halogenated alkanes) is 54. The van der Waals surface area contributed by atoms with Crippen LogP contribution in [-0.2, 0) is 0 Å². The van der Waals surface area contributed by atoms with Crippen LogP contribution in [0.25, 0.3) is 22.4 Å². The van der Waals surface area contributed by atoms with E-state index in [0.717, 1.165) is 77.0 Å². The number of esters is 2. The predicted molar refractivity (Wildman–Crippen MR) is 493 cm³/mol. The molecule has 662 valence electrons. The van der Waals surface area contributed by atoms with Crippen molar-refractivity contribution in [2.75, 3.05) is 46.8 Å². The summed E-state index contributed by atoms with van der Waals surface area (Å²) in [5.41, 5.74) is 3.37. The molecule has 0 spiro atoms. The van der Waals surface area contributed by atoms with E-state index in [4.69, 9.17) is 47.6 Å². The summed E-state index contributed by atoms with van der Waals surface area (Å²) in [4.78, 5) is 33.9. The summed E-state index contributed by atoms with van der Waals surface area (Å²) in [6.07, 6.45) is 73.4. The third-order valence-corrected chi connectivity index (χ3v) is 23.1. The van der Waals surface area contributed by atoms with Crippen LogP contribution in [0.2, 0.25) is 0 Å². The van der Waals surface area contributed by atoms with E-state index in [1.165, 1.54) is 315 Å². The van der Waals surface area contributed by atoms with Crippen LogP contribution in [0.5, 0.6) is 51.9 Å². The normalized spacial score (nSPS) is 11.3. The van der Waals surface area contributed by atoms with Crippen LogP contribution in [0.1, 0.15) is 453 Å². The molecular formula is C105H166N2O11. The molecule has 0 saturated heterocycles. The Hall–Kier alpha value is -6.94. The number of nitriles is 1. The molecule has 0 aliphatic rings. The summed E-state index contributed by atoms with van der Waals surface area (Å²) in [6.45, 7) is 16.7. The van der Waals surface area contributed by atoms with E-state index < -0.39 is 11.9 Å². The van der Waals surface area contributed by atoms with Gasteiger partial charge in [-0.15, -0.1) is 0 Å². The molecule has 1 aromatic heterocycles. The van der Waals surface area contributed by atoms with Crippen molar-refractivity contribution in [3.63, 3.8) is 0 Å². The number of pyridine rings is 1. The fourth-order valence-corrected chi connectivity index (χ4v) is 15.6. The van der Waals surface area contributed by atoms with Crippen LogP contribution in [0.3, 0.4) is 0 Å². The van der Waals surface area contributed by atoms with Crippen LogP contribution < -0.4 is 42.6 Å². The van der Waals surface area contributed by atoms with Crippen molar-refractivity contribution in [2.45, 2.75) is 427 Å². The lowest BCUT2D eigenvalue weighted by Gasteiger charge is -2.19. The maximum Gasteiger partial charge on any atom is 0.343 e. The Labute approximate surface area is 719 Å². The summed E-state index contributed by atoms with van der Waals surface area (Å²) in [6, 6.07) is 25.6. The second kappa shape index (κ2) is 69.7. The van der Waals surface area contributed by atoms with Crippen molar-refractivity contribution in [3.05, 3.63) is 95.6 Å². The van der Waals surface area contributed by atoms with Gasteiger partial charge in [0.25, 0.3) is 0 Å². The Balaban J connectivity index is 1.36. The standard InChI is InChI=1S/C105H166N2O11/c1-8-14-20-26-32-38-44-50-56-62-76-111-97-82-90(83-98(112-77-63-57-51-45-39-33-27-21-15-9-2)101(97)115-80-66-60-54-48-42-36-30-24-18-12-5)104(108)117-92-72-68-88(69-73-92)94-86-96(107-103(110-7)95(94)87-106)89-70-74-93(75-71-89)118-105(109)91-84-99(113-78-64-58-52-46-40-34-28-22-16-10-3)102(116-81-67-61-55-49-43-37-31-25-19-13-6)100(85-91)114-79-65-59-53-47-41-35-29-23-17-11-4/h68-75,82-86H,8-67,76-81H2,1-7H3. The Kier molecular flexibility index (Phi) is 60.0. The minimum atomic E-state index is -0.555. The van der Waals surface area contributed by atoms with Crippen LogP contribution in [-0.4, -0.2) is 63.7 Å². The van der Waals surface area contributed by atoms with Gasteiger partial charge >= 0.3 is 11.9 Å². The molecule has 0 aliphatic heterocycles. The van der Waals surface area contributed by atoms with Gasteiger partial charge in [-0.3, -0.25) is 0 Å². The zero-order valence-electron chi connectivity index (χ0n) is 76.1. The molecule has 0 N–H and O–H groups in total. The summed E-state index contributed by atoms with van der Waals surface area (Å²) in [5, 5.41) is 10.7. The van der Waals surface area contributed by atoms with Crippen molar-refractivity contribution in [3.8, 4) is 80.3 Å². The second-order valence-corrected chi connectivity index (χ2v) is 33.7. The van der Waals surface area contributed by atoms with Crippen molar-refractivity contribution in [1.82, 2.24) is 4.98 Å². The van der Waals surface area contributed by atoms with Crippen LogP contribution in [0.15, 0.2) is 78.9 Å². The Bertz CT molecular complexity index is 3250. The monoisotopic (exact) mass is 1630 g/mol. The molecule has 118 heavy (non-hydrogen) atoms. The first-order valence-electron chi connectivity index (χ1n) is 49.0. The molecule has 1 heterocycles. The first kappa shape index (κ1) is 102.